The van der Waals surface area contributed by atoms with E-state index in [2.05, 4.69) is 21.5 Å². The van der Waals surface area contributed by atoms with E-state index in [0.29, 0.717) is 0 Å². The molecule has 0 aliphatic rings. The summed E-state index contributed by atoms with van der Waals surface area (Å²) >= 11 is 0. The van der Waals surface area contributed by atoms with Gasteiger partial charge >= 0.3 is 0 Å². The van der Waals surface area contributed by atoms with E-state index in [-0.39, 0.29) is 12.1 Å². The zero-order valence-electron chi connectivity index (χ0n) is 10.5. The Labute approximate surface area is 102 Å². The van der Waals surface area contributed by atoms with Crippen molar-refractivity contribution in [2.24, 2.45) is 5.73 Å². The number of aryl methyl sites for hydroxylation is 1. The summed E-state index contributed by atoms with van der Waals surface area (Å²) in [5, 5.41) is 0. The molecule has 0 aliphatic heterocycles. The molecule has 2 atom stereocenters. The molecule has 2 aromatic rings. The van der Waals surface area contributed by atoms with Gasteiger partial charge in [0.25, 0.3) is 0 Å². The lowest BCUT2D eigenvalue weighted by molar-refractivity contribution is 0.487. The van der Waals surface area contributed by atoms with Crippen molar-refractivity contribution in [3.8, 4) is 0 Å². The normalized spacial score (nSPS) is 14.6. The van der Waals surface area contributed by atoms with Crippen LogP contribution < -0.4 is 5.73 Å². The maximum absolute atomic E-state index is 6.11. The molecule has 90 valence electrons. The van der Waals surface area contributed by atoms with Crippen molar-refractivity contribution in [1.82, 2.24) is 14.5 Å². The summed E-state index contributed by atoms with van der Waals surface area (Å²) in [6, 6.07) is 4.13. The highest BCUT2D eigenvalue weighted by Gasteiger charge is 2.20. The topological polar surface area (TPSA) is 56.7 Å². The maximum atomic E-state index is 6.11. The van der Waals surface area contributed by atoms with Gasteiger partial charge in [0.1, 0.15) is 0 Å². The minimum Gasteiger partial charge on any atom is -0.326 e. The predicted octanol–water partition coefficient (Wildman–Crippen LogP) is 1.83. The number of hydrogen-bond acceptors (Lipinski definition) is 3. The Hall–Kier alpha value is -1.68. The zero-order valence-corrected chi connectivity index (χ0v) is 10.5. The Morgan fingerprint density at radius 3 is 2.35 bits per heavy atom. The number of aromatic nitrogens is 3. The number of imidazole rings is 1. The fraction of sp³-hybridized carbons (Fsp3) is 0.385. The van der Waals surface area contributed by atoms with E-state index in [1.807, 2.05) is 32.3 Å². The third kappa shape index (κ3) is 2.22. The van der Waals surface area contributed by atoms with Gasteiger partial charge in [-0.15, -0.1) is 0 Å². The largest absolute Gasteiger partial charge is 0.326 e. The third-order valence-corrected chi connectivity index (χ3v) is 3.13. The highest BCUT2D eigenvalue weighted by Crippen LogP contribution is 2.23. The van der Waals surface area contributed by atoms with Gasteiger partial charge in [-0.25, -0.2) is 4.98 Å². The molecule has 0 spiro atoms. The van der Waals surface area contributed by atoms with Crippen LogP contribution in [0.2, 0.25) is 0 Å². The summed E-state index contributed by atoms with van der Waals surface area (Å²) in [4.78, 5) is 8.38. The van der Waals surface area contributed by atoms with Crippen LogP contribution in [0.4, 0.5) is 0 Å². The zero-order chi connectivity index (χ0) is 12.4. The van der Waals surface area contributed by atoms with E-state index >= 15 is 0 Å². The molecule has 2 heterocycles. The molecule has 2 N–H and O–H groups in total. The molecule has 0 aromatic carbocycles. The van der Waals surface area contributed by atoms with E-state index < -0.39 is 0 Å². The SMILES string of the molecule is Cc1ncn(C(c2ccncc2)C(C)N)c1C. The second kappa shape index (κ2) is 4.67. The molecule has 2 aromatic heterocycles. The Kier molecular flexibility index (Phi) is 3.24. The monoisotopic (exact) mass is 230 g/mol. The predicted molar refractivity (Wildman–Crippen MR) is 67.7 cm³/mol. The molecule has 17 heavy (non-hydrogen) atoms. The molecule has 0 radical (unpaired) electrons. The summed E-state index contributed by atoms with van der Waals surface area (Å²) in [5.41, 5.74) is 9.47. The van der Waals surface area contributed by atoms with Crippen LogP contribution in [0.3, 0.4) is 0 Å². The molecule has 0 bridgehead atoms. The van der Waals surface area contributed by atoms with Crippen molar-refractivity contribution in [2.75, 3.05) is 0 Å². The minimum atomic E-state index is 0.0182. The Morgan fingerprint density at radius 2 is 1.88 bits per heavy atom. The van der Waals surface area contributed by atoms with Crippen LogP contribution in [-0.4, -0.2) is 20.6 Å². The van der Waals surface area contributed by atoms with Crippen molar-refractivity contribution in [2.45, 2.75) is 32.9 Å². The first-order chi connectivity index (χ1) is 8.11. The summed E-state index contributed by atoms with van der Waals surface area (Å²) in [6.07, 6.45) is 5.45. The first-order valence-corrected chi connectivity index (χ1v) is 5.76. The lowest BCUT2D eigenvalue weighted by Gasteiger charge is -2.24. The number of rotatable bonds is 3. The van der Waals surface area contributed by atoms with E-state index in [4.69, 9.17) is 5.73 Å². The highest BCUT2D eigenvalue weighted by atomic mass is 15.1. The first-order valence-electron chi connectivity index (χ1n) is 5.76. The molecular weight excluding hydrogens is 212 g/mol. The fourth-order valence-corrected chi connectivity index (χ4v) is 2.07. The number of hydrogen-bond donors (Lipinski definition) is 1. The second-order valence-corrected chi connectivity index (χ2v) is 4.41. The molecule has 0 saturated carbocycles. The fourth-order valence-electron chi connectivity index (χ4n) is 2.07. The molecular formula is C13H18N4. The van der Waals surface area contributed by atoms with Gasteiger partial charge in [0.05, 0.1) is 18.1 Å². The standard InChI is InChI=1S/C13H18N4/c1-9(14)13(12-4-6-15-7-5-12)17-8-16-10(2)11(17)3/h4-9,13H,14H2,1-3H3. The van der Waals surface area contributed by atoms with E-state index in [1.54, 1.807) is 12.4 Å². The summed E-state index contributed by atoms with van der Waals surface area (Å²) in [6.45, 7) is 6.09. The minimum absolute atomic E-state index is 0.0182. The molecule has 0 aliphatic carbocycles. The van der Waals surface area contributed by atoms with Gasteiger partial charge in [-0.2, -0.15) is 0 Å². The quantitative estimate of drug-likeness (QED) is 0.875. The molecule has 2 rings (SSSR count). The van der Waals surface area contributed by atoms with Gasteiger partial charge in [-0.1, -0.05) is 0 Å². The average Bonchev–Trinajstić information content (AvgIpc) is 2.63. The van der Waals surface area contributed by atoms with Gasteiger partial charge in [0, 0.05) is 24.1 Å². The molecule has 4 nitrogen and oxygen atoms in total. The summed E-state index contributed by atoms with van der Waals surface area (Å²) in [7, 11) is 0. The van der Waals surface area contributed by atoms with Crippen LogP contribution >= 0.6 is 0 Å². The maximum Gasteiger partial charge on any atom is 0.0957 e. The first kappa shape index (κ1) is 11.8. The Balaban J connectivity index is 2.47. The van der Waals surface area contributed by atoms with E-state index in [9.17, 15) is 0 Å². The van der Waals surface area contributed by atoms with Crippen LogP contribution in [0.25, 0.3) is 0 Å². The van der Waals surface area contributed by atoms with Gasteiger partial charge in [0.15, 0.2) is 0 Å². The van der Waals surface area contributed by atoms with Crippen LogP contribution in [0, 0.1) is 13.8 Å². The average molecular weight is 230 g/mol. The summed E-state index contributed by atoms with van der Waals surface area (Å²) in [5.74, 6) is 0. The van der Waals surface area contributed by atoms with E-state index in [0.717, 1.165) is 17.0 Å². The van der Waals surface area contributed by atoms with Gasteiger partial charge in [-0.05, 0) is 38.5 Å². The van der Waals surface area contributed by atoms with E-state index in [1.165, 1.54) is 0 Å². The molecule has 4 heteroatoms. The Bertz CT molecular complexity index is 487. The number of nitrogens with zero attached hydrogens (tertiary/aromatic N) is 3. The van der Waals surface area contributed by atoms with Crippen molar-refractivity contribution in [3.63, 3.8) is 0 Å². The van der Waals surface area contributed by atoms with Gasteiger partial charge in [-0.3, -0.25) is 4.98 Å². The van der Waals surface area contributed by atoms with Gasteiger partial charge in [0.2, 0.25) is 0 Å². The third-order valence-electron chi connectivity index (χ3n) is 3.13. The molecule has 2 unspecified atom stereocenters. The molecule has 0 fully saturated rings. The summed E-state index contributed by atoms with van der Waals surface area (Å²) < 4.78 is 2.13. The highest BCUT2D eigenvalue weighted by molar-refractivity contribution is 5.22. The lowest BCUT2D eigenvalue weighted by atomic mass is 10.0. The lowest BCUT2D eigenvalue weighted by Crippen LogP contribution is -2.30. The van der Waals surface area contributed by atoms with Crippen molar-refractivity contribution in [1.29, 1.82) is 0 Å². The Morgan fingerprint density at radius 1 is 1.24 bits per heavy atom. The van der Waals surface area contributed by atoms with Gasteiger partial charge < -0.3 is 10.3 Å². The van der Waals surface area contributed by atoms with Crippen molar-refractivity contribution < 1.29 is 0 Å². The van der Waals surface area contributed by atoms with Crippen LogP contribution in [0.15, 0.2) is 30.9 Å². The second-order valence-electron chi connectivity index (χ2n) is 4.41. The van der Waals surface area contributed by atoms with Crippen LogP contribution in [0.1, 0.15) is 29.9 Å². The molecule has 0 saturated heterocycles. The number of nitrogens with two attached hydrogens (primary N) is 1. The van der Waals surface area contributed by atoms with Crippen molar-refractivity contribution >= 4 is 0 Å². The van der Waals surface area contributed by atoms with Crippen molar-refractivity contribution in [3.05, 3.63) is 47.8 Å². The van der Waals surface area contributed by atoms with Crippen LogP contribution in [-0.2, 0) is 0 Å². The number of pyridine rings is 1. The smallest absolute Gasteiger partial charge is 0.0957 e. The molecule has 0 amide bonds. The van der Waals surface area contributed by atoms with Crippen LogP contribution in [0.5, 0.6) is 0 Å².